The van der Waals surface area contributed by atoms with Crippen molar-refractivity contribution in [1.29, 1.82) is 0 Å². The summed E-state index contributed by atoms with van der Waals surface area (Å²) in [6.45, 7) is 4.87. The molecule has 4 rings (SSSR count). The van der Waals surface area contributed by atoms with Crippen molar-refractivity contribution in [3.05, 3.63) is 41.6 Å². The number of likely N-dealkylation sites (N-methyl/N-ethyl adjacent to an activating group) is 1. The van der Waals surface area contributed by atoms with Crippen LogP contribution >= 0.6 is 0 Å². The summed E-state index contributed by atoms with van der Waals surface area (Å²) >= 11 is 0. The molecule has 0 N–H and O–H groups in total. The van der Waals surface area contributed by atoms with Crippen LogP contribution in [-0.4, -0.2) is 51.6 Å². The Morgan fingerprint density at radius 2 is 2.17 bits per heavy atom. The van der Waals surface area contributed by atoms with Crippen LogP contribution < -0.4 is 0 Å². The Morgan fingerprint density at radius 1 is 1.29 bits per heavy atom. The van der Waals surface area contributed by atoms with Crippen molar-refractivity contribution >= 4 is 11.1 Å². The van der Waals surface area contributed by atoms with Crippen LogP contribution in [0.1, 0.15) is 23.6 Å². The van der Waals surface area contributed by atoms with Gasteiger partial charge in [-0.1, -0.05) is 5.16 Å². The highest BCUT2D eigenvalue weighted by Crippen LogP contribution is 2.24. The molecule has 0 radical (unpaired) electrons. The predicted octanol–water partition coefficient (Wildman–Crippen LogP) is 2.15. The summed E-state index contributed by atoms with van der Waals surface area (Å²) < 4.78 is 24.3. The van der Waals surface area contributed by atoms with Gasteiger partial charge in [-0.15, -0.1) is 0 Å². The summed E-state index contributed by atoms with van der Waals surface area (Å²) in [6.07, 6.45) is 0. The number of fused-ring (bicyclic) bond motifs is 1. The molecular weight excluding hydrogens is 313 g/mol. The standard InChI is InChI=1S/C16H18FN5O2/c1-10-18-16(24-20-10)13-8-22(6-5-21(13)2)9-15-19-12-7-11(17)3-4-14(12)23-15/h3-4,7,13H,5-6,8-9H2,1-2H3/t13-/m1/s1. The van der Waals surface area contributed by atoms with Gasteiger partial charge in [-0.3, -0.25) is 9.80 Å². The zero-order valence-corrected chi connectivity index (χ0v) is 13.6. The summed E-state index contributed by atoms with van der Waals surface area (Å²) in [5, 5.41) is 3.87. The van der Waals surface area contributed by atoms with Gasteiger partial charge in [-0.2, -0.15) is 4.98 Å². The Bertz CT molecular complexity index is 861. The van der Waals surface area contributed by atoms with Crippen LogP contribution in [0.25, 0.3) is 11.1 Å². The third-order valence-corrected chi connectivity index (χ3v) is 4.31. The molecule has 0 aliphatic carbocycles. The smallest absolute Gasteiger partial charge is 0.245 e. The van der Waals surface area contributed by atoms with Crippen LogP contribution in [0.5, 0.6) is 0 Å². The van der Waals surface area contributed by atoms with E-state index in [1.165, 1.54) is 12.1 Å². The largest absolute Gasteiger partial charge is 0.439 e. The molecule has 8 heteroatoms. The van der Waals surface area contributed by atoms with Gasteiger partial charge in [-0.05, 0) is 26.1 Å². The van der Waals surface area contributed by atoms with Crippen molar-refractivity contribution in [1.82, 2.24) is 24.9 Å². The van der Waals surface area contributed by atoms with Crippen LogP contribution in [0.4, 0.5) is 4.39 Å². The number of hydrogen-bond acceptors (Lipinski definition) is 7. The van der Waals surface area contributed by atoms with Crippen LogP contribution in [0.15, 0.2) is 27.1 Å². The Kier molecular flexibility index (Phi) is 3.78. The molecule has 0 spiro atoms. The molecule has 3 aromatic rings. The number of aromatic nitrogens is 3. The van der Waals surface area contributed by atoms with Gasteiger partial charge >= 0.3 is 0 Å². The van der Waals surface area contributed by atoms with Crippen LogP contribution in [-0.2, 0) is 6.54 Å². The van der Waals surface area contributed by atoms with E-state index >= 15 is 0 Å². The molecule has 3 heterocycles. The molecule has 2 aromatic heterocycles. The maximum Gasteiger partial charge on any atom is 0.245 e. The molecule has 0 amide bonds. The van der Waals surface area contributed by atoms with Gasteiger partial charge < -0.3 is 8.94 Å². The fraction of sp³-hybridized carbons (Fsp3) is 0.438. The van der Waals surface area contributed by atoms with Crippen molar-refractivity contribution in [2.45, 2.75) is 19.5 Å². The quantitative estimate of drug-likeness (QED) is 0.728. The highest BCUT2D eigenvalue weighted by atomic mass is 19.1. The number of rotatable bonds is 3. The van der Waals surface area contributed by atoms with Crippen LogP contribution in [0, 0.1) is 12.7 Å². The molecule has 1 atom stereocenters. The summed E-state index contributed by atoms with van der Waals surface area (Å²) in [5.41, 5.74) is 1.15. The van der Waals surface area contributed by atoms with Crippen LogP contribution in [0.3, 0.4) is 0 Å². The summed E-state index contributed by atoms with van der Waals surface area (Å²) in [4.78, 5) is 13.1. The average molecular weight is 331 g/mol. The van der Waals surface area contributed by atoms with Gasteiger partial charge in [0.2, 0.25) is 11.8 Å². The molecule has 1 aliphatic rings. The lowest BCUT2D eigenvalue weighted by molar-refractivity contribution is 0.0667. The average Bonchev–Trinajstić information content (AvgIpc) is 3.14. The summed E-state index contributed by atoms with van der Waals surface area (Å²) in [5.74, 6) is 1.53. The van der Waals surface area contributed by atoms with E-state index in [1.54, 1.807) is 6.07 Å². The zero-order valence-electron chi connectivity index (χ0n) is 13.6. The van der Waals surface area contributed by atoms with Gasteiger partial charge in [0.15, 0.2) is 11.4 Å². The first-order valence-electron chi connectivity index (χ1n) is 7.86. The Hall–Kier alpha value is -2.32. The molecule has 1 aromatic carbocycles. The molecule has 0 bridgehead atoms. The molecule has 0 unspecified atom stereocenters. The number of aryl methyl sites for hydroxylation is 1. The highest BCUT2D eigenvalue weighted by molar-refractivity contribution is 5.72. The number of halogens is 1. The second-order valence-electron chi connectivity index (χ2n) is 6.13. The highest BCUT2D eigenvalue weighted by Gasteiger charge is 2.30. The molecule has 1 saturated heterocycles. The van der Waals surface area contributed by atoms with E-state index in [1.807, 2.05) is 14.0 Å². The lowest BCUT2D eigenvalue weighted by Gasteiger charge is -2.36. The van der Waals surface area contributed by atoms with E-state index < -0.39 is 0 Å². The number of nitrogens with zero attached hydrogens (tertiary/aromatic N) is 5. The fourth-order valence-electron chi connectivity index (χ4n) is 3.00. The molecule has 0 saturated carbocycles. The monoisotopic (exact) mass is 331 g/mol. The molecule has 126 valence electrons. The molecule has 1 aliphatic heterocycles. The normalized spacial score (nSPS) is 20.0. The zero-order chi connectivity index (χ0) is 16.7. The van der Waals surface area contributed by atoms with E-state index in [4.69, 9.17) is 8.94 Å². The maximum absolute atomic E-state index is 13.3. The first-order chi connectivity index (χ1) is 11.6. The molecule has 7 nitrogen and oxygen atoms in total. The van der Waals surface area contributed by atoms with Gasteiger partial charge in [0, 0.05) is 25.7 Å². The molecule has 24 heavy (non-hydrogen) atoms. The third-order valence-electron chi connectivity index (χ3n) is 4.31. The van der Waals surface area contributed by atoms with Crippen molar-refractivity contribution in [2.75, 3.05) is 26.7 Å². The van der Waals surface area contributed by atoms with Crippen molar-refractivity contribution in [2.24, 2.45) is 0 Å². The predicted molar refractivity (Wildman–Crippen MR) is 83.7 cm³/mol. The summed E-state index contributed by atoms with van der Waals surface area (Å²) in [6, 6.07) is 4.41. The summed E-state index contributed by atoms with van der Waals surface area (Å²) in [7, 11) is 2.05. The SMILES string of the molecule is Cc1noc([C@H]2CN(Cc3nc4cc(F)ccc4o3)CCN2C)n1. The number of oxazole rings is 1. The van der Waals surface area contributed by atoms with E-state index in [-0.39, 0.29) is 11.9 Å². The van der Waals surface area contributed by atoms with Gasteiger partial charge in [0.25, 0.3) is 0 Å². The van der Waals surface area contributed by atoms with Crippen LogP contribution in [0.2, 0.25) is 0 Å². The van der Waals surface area contributed by atoms with Crippen molar-refractivity contribution in [3.63, 3.8) is 0 Å². The van der Waals surface area contributed by atoms with Crippen molar-refractivity contribution < 1.29 is 13.3 Å². The maximum atomic E-state index is 13.3. The van der Waals surface area contributed by atoms with E-state index in [9.17, 15) is 4.39 Å². The second kappa shape index (κ2) is 5.95. The number of benzene rings is 1. The minimum atomic E-state index is -0.311. The van der Waals surface area contributed by atoms with Crippen molar-refractivity contribution in [3.8, 4) is 0 Å². The van der Waals surface area contributed by atoms with E-state index in [2.05, 4.69) is 24.9 Å². The Morgan fingerprint density at radius 3 is 2.96 bits per heavy atom. The second-order valence-corrected chi connectivity index (χ2v) is 6.13. The fourth-order valence-corrected chi connectivity index (χ4v) is 3.00. The number of hydrogen-bond donors (Lipinski definition) is 0. The minimum Gasteiger partial charge on any atom is -0.439 e. The molecule has 1 fully saturated rings. The lowest BCUT2D eigenvalue weighted by Crippen LogP contribution is -2.46. The first kappa shape index (κ1) is 15.2. The Balaban J connectivity index is 1.51. The lowest BCUT2D eigenvalue weighted by atomic mass is 10.2. The first-order valence-corrected chi connectivity index (χ1v) is 7.86. The van der Waals surface area contributed by atoms with Gasteiger partial charge in [0.1, 0.15) is 17.4 Å². The minimum absolute atomic E-state index is 0.0433. The molecular formula is C16H18FN5O2. The van der Waals surface area contributed by atoms with Gasteiger partial charge in [-0.25, -0.2) is 9.37 Å². The topological polar surface area (TPSA) is 71.4 Å². The van der Waals surface area contributed by atoms with E-state index in [0.717, 1.165) is 19.6 Å². The Labute approximate surface area is 138 Å². The van der Waals surface area contributed by atoms with Gasteiger partial charge in [0.05, 0.1) is 6.54 Å². The third kappa shape index (κ3) is 2.90. The number of piperazine rings is 1. The van der Waals surface area contributed by atoms with E-state index in [0.29, 0.717) is 35.3 Å².